The van der Waals surface area contributed by atoms with Crippen molar-refractivity contribution in [3.8, 4) is 5.75 Å². The van der Waals surface area contributed by atoms with Crippen LogP contribution in [-0.4, -0.2) is 44.9 Å². The maximum atomic E-state index is 12.5. The Labute approximate surface area is 172 Å². The number of carbonyl (C=O) groups is 1. The van der Waals surface area contributed by atoms with Gasteiger partial charge >= 0.3 is 0 Å². The van der Waals surface area contributed by atoms with E-state index < -0.39 is 10.0 Å². The van der Waals surface area contributed by atoms with Gasteiger partial charge in [0.2, 0.25) is 10.0 Å². The topological polar surface area (TPSA) is 75.7 Å². The monoisotopic (exact) mass is 428 g/mol. The van der Waals surface area contributed by atoms with Crippen molar-refractivity contribution in [2.75, 3.05) is 26.2 Å². The van der Waals surface area contributed by atoms with Crippen LogP contribution in [-0.2, 0) is 14.8 Å². The molecule has 8 heteroatoms. The average Bonchev–Trinajstić information content (AvgIpc) is 2.68. The number of hydrogen-bond acceptors (Lipinski definition) is 4. The van der Waals surface area contributed by atoms with Crippen LogP contribution in [0.2, 0.25) is 5.02 Å². The molecular weight excluding hydrogens is 400 g/mol. The average molecular weight is 429 g/mol. The molecule has 1 aliphatic carbocycles. The summed E-state index contributed by atoms with van der Waals surface area (Å²) in [6.45, 7) is 4.74. The highest BCUT2D eigenvalue weighted by molar-refractivity contribution is 7.89. The van der Waals surface area contributed by atoms with Crippen LogP contribution in [0.3, 0.4) is 0 Å². The number of nitrogens with zero attached hydrogens (tertiary/aromatic N) is 1. The fraction of sp³-hybridized carbons (Fsp3) is 0.550. The van der Waals surface area contributed by atoms with E-state index in [0.29, 0.717) is 19.6 Å². The van der Waals surface area contributed by atoms with E-state index in [4.69, 9.17) is 16.3 Å². The summed E-state index contributed by atoms with van der Waals surface area (Å²) in [5.74, 6) is 0.0533. The molecule has 0 radical (unpaired) electrons. The van der Waals surface area contributed by atoms with E-state index in [1.54, 1.807) is 13.8 Å². The standard InChI is InChI=1S/C20H29ClN2O4S/c1-3-23(4-2)28(25,26)17-10-11-19(18(21)14-17)27-15-20(24)22-13-12-16-8-6-5-7-9-16/h8,10-11,14H,3-7,9,12-13,15H2,1-2H3,(H,22,24). The second-order valence-electron chi connectivity index (χ2n) is 6.68. The number of allylic oxidation sites excluding steroid dienone is 1. The number of hydrogen-bond donors (Lipinski definition) is 1. The smallest absolute Gasteiger partial charge is 0.257 e. The van der Waals surface area contributed by atoms with Gasteiger partial charge in [-0.3, -0.25) is 4.79 Å². The minimum atomic E-state index is -3.59. The van der Waals surface area contributed by atoms with E-state index in [-0.39, 0.29) is 28.2 Å². The summed E-state index contributed by atoms with van der Waals surface area (Å²) in [6.07, 6.45) is 7.85. The molecule has 0 saturated heterocycles. The third kappa shape index (κ3) is 6.22. The molecule has 1 N–H and O–H groups in total. The molecule has 2 rings (SSSR count). The molecular formula is C20H29ClN2O4S. The summed E-state index contributed by atoms with van der Waals surface area (Å²) >= 11 is 6.17. The van der Waals surface area contributed by atoms with Crippen LogP contribution in [0.15, 0.2) is 34.7 Å². The second kappa shape index (κ2) is 10.8. The van der Waals surface area contributed by atoms with Crippen LogP contribution in [0.5, 0.6) is 5.75 Å². The maximum absolute atomic E-state index is 12.5. The zero-order valence-electron chi connectivity index (χ0n) is 16.5. The molecule has 0 atom stereocenters. The lowest BCUT2D eigenvalue weighted by Gasteiger charge is -2.19. The number of benzene rings is 1. The van der Waals surface area contributed by atoms with Gasteiger partial charge in [0.1, 0.15) is 5.75 Å². The fourth-order valence-electron chi connectivity index (χ4n) is 3.16. The summed E-state index contributed by atoms with van der Waals surface area (Å²) in [5, 5.41) is 3.00. The third-order valence-electron chi connectivity index (χ3n) is 4.76. The van der Waals surface area contributed by atoms with Crippen molar-refractivity contribution in [3.05, 3.63) is 34.9 Å². The molecule has 0 aliphatic heterocycles. The number of sulfonamides is 1. The van der Waals surface area contributed by atoms with Gasteiger partial charge in [0.05, 0.1) is 9.92 Å². The van der Waals surface area contributed by atoms with E-state index in [2.05, 4.69) is 11.4 Å². The van der Waals surface area contributed by atoms with Gasteiger partial charge in [-0.25, -0.2) is 8.42 Å². The summed E-state index contributed by atoms with van der Waals surface area (Å²) in [7, 11) is -3.59. The quantitative estimate of drug-likeness (QED) is 0.576. The summed E-state index contributed by atoms with van der Waals surface area (Å²) in [4.78, 5) is 12.1. The first-order chi connectivity index (χ1) is 13.4. The molecule has 0 spiro atoms. The largest absolute Gasteiger partial charge is 0.482 e. The third-order valence-corrected chi connectivity index (χ3v) is 7.10. The van der Waals surface area contributed by atoms with Crippen molar-refractivity contribution in [2.24, 2.45) is 0 Å². The van der Waals surface area contributed by atoms with Crippen LogP contribution in [0.1, 0.15) is 46.0 Å². The van der Waals surface area contributed by atoms with Gasteiger partial charge in [-0.15, -0.1) is 0 Å². The molecule has 0 unspecified atom stereocenters. The zero-order chi connectivity index (χ0) is 20.6. The van der Waals surface area contributed by atoms with Crippen molar-refractivity contribution in [1.29, 1.82) is 0 Å². The molecule has 0 saturated carbocycles. The zero-order valence-corrected chi connectivity index (χ0v) is 18.1. The molecule has 28 heavy (non-hydrogen) atoms. The summed E-state index contributed by atoms with van der Waals surface area (Å²) in [5.41, 5.74) is 1.40. The SMILES string of the molecule is CCN(CC)S(=O)(=O)c1ccc(OCC(=O)NCCC2=CCCCC2)c(Cl)c1. The summed E-state index contributed by atoms with van der Waals surface area (Å²) < 4.78 is 31.9. The lowest BCUT2D eigenvalue weighted by Crippen LogP contribution is -2.31. The Morgan fingerprint density at radius 3 is 2.61 bits per heavy atom. The molecule has 1 aliphatic rings. The predicted molar refractivity (Wildman–Crippen MR) is 111 cm³/mol. The van der Waals surface area contributed by atoms with Crippen LogP contribution in [0.25, 0.3) is 0 Å². The van der Waals surface area contributed by atoms with E-state index in [1.165, 1.54) is 40.9 Å². The Morgan fingerprint density at radius 2 is 2.00 bits per heavy atom. The predicted octanol–water partition coefficient (Wildman–Crippen LogP) is 3.76. The molecule has 1 aromatic carbocycles. The van der Waals surface area contributed by atoms with Crippen molar-refractivity contribution < 1.29 is 17.9 Å². The molecule has 6 nitrogen and oxygen atoms in total. The van der Waals surface area contributed by atoms with Gasteiger partial charge in [-0.05, 0) is 50.3 Å². The fourth-order valence-corrected chi connectivity index (χ4v) is 4.94. The van der Waals surface area contributed by atoms with Gasteiger partial charge in [-0.2, -0.15) is 4.31 Å². The van der Waals surface area contributed by atoms with Crippen LogP contribution in [0, 0.1) is 0 Å². The first-order valence-corrected chi connectivity index (χ1v) is 11.6. The van der Waals surface area contributed by atoms with Crippen molar-refractivity contribution >= 4 is 27.5 Å². The van der Waals surface area contributed by atoms with Gasteiger partial charge in [0.25, 0.3) is 5.91 Å². The Bertz CT molecular complexity index is 804. The Morgan fingerprint density at radius 1 is 1.25 bits per heavy atom. The second-order valence-corrected chi connectivity index (χ2v) is 9.02. The Kier molecular flexibility index (Phi) is 8.79. The van der Waals surface area contributed by atoms with Crippen molar-refractivity contribution in [1.82, 2.24) is 9.62 Å². The Hall–Kier alpha value is -1.57. The number of ether oxygens (including phenoxy) is 1. The van der Waals surface area contributed by atoms with Gasteiger partial charge < -0.3 is 10.1 Å². The van der Waals surface area contributed by atoms with E-state index in [9.17, 15) is 13.2 Å². The minimum Gasteiger partial charge on any atom is -0.482 e. The van der Waals surface area contributed by atoms with E-state index in [1.807, 2.05) is 0 Å². The Balaban J connectivity index is 1.87. The van der Waals surface area contributed by atoms with E-state index in [0.717, 1.165) is 19.3 Å². The molecule has 156 valence electrons. The van der Waals surface area contributed by atoms with Crippen LogP contribution < -0.4 is 10.1 Å². The number of halogens is 1. The van der Waals surface area contributed by atoms with Crippen molar-refractivity contribution in [3.63, 3.8) is 0 Å². The number of carbonyl (C=O) groups excluding carboxylic acids is 1. The first-order valence-electron chi connectivity index (χ1n) is 9.75. The van der Waals surface area contributed by atoms with Gasteiger partial charge in [-0.1, -0.05) is 37.1 Å². The first kappa shape index (κ1) is 22.7. The van der Waals surface area contributed by atoms with Crippen LogP contribution in [0.4, 0.5) is 0 Å². The molecule has 1 aromatic rings. The van der Waals surface area contributed by atoms with Crippen LogP contribution >= 0.6 is 11.6 Å². The lowest BCUT2D eigenvalue weighted by molar-refractivity contribution is -0.123. The number of nitrogens with one attached hydrogen (secondary N) is 1. The number of amides is 1. The minimum absolute atomic E-state index is 0.110. The highest BCUT2D eigenvalue weighted by Crippen LogP contribution is 2.28. The maximum Gasteiger partial charge on any atom is 0.257 e. The molecule has 0 fully saturated rings. The molecule has 0 heterocycles. The van der Waals surface area contributed by atoms with Crippen molar-refractivity contribution in [2.45, 2.75) is 50.8 Å². The lowest BCUT2D eigenvalue weighted by atomic mass is 9.97. The van der Waals surface area contributed by atoms with Gasteiger partial charge in [0.15, 0.2) is 6.61 Å². The van der Waals surface area contributed by atoms with Gasteiger partial charge in [0, 0.05) is 19.6 Å². The van der Waals surface area contributed by atoms with E-state index >= 15 is 0 Å². The molecule has 1 amide bonds. The molecule has 0 bridgehead atoms. The molecule has 0 aromatic heterocycles. The highest BCUT2D eigenvalue weighted by atomic mass is 35.5. The normalized spacial score (nSPS) is 14.6. The highest BCUT2D eigenvalue weighted by Gasteiger charge is 2.22. The summed E-state index contributed by atoms with van der Waals surface area (Å²) in [6, 6.07) is 4.29. The number of rotatable bonds is 10.